The van der Waals surface area contributed by atoms with Gasteiger partial charge < -0.3 is 19.5 Å². The number of ether oxygens (including phenoxy) is 2. The van der Waals surface area contributed by atoms with Gasteiger partial charge in [0.2, 0.25) is 0 Å². The quantitative estimate of drug-likeness (QED) is 0.183. The standard InChI is InChI=1S/C24H25NO6/c1-15-5-7-18(8-6-15)22(27)20-21(17-9-11-19(12-10-17)31-16(2)26)25(13-4-14-30-3)24(29)23(20)28/h5-12,21,27H,4,13-14H2,1-3H3/b22-20-. The molecule has 1 aliphatic heterocycles. The molecule has 1 fully saturated rings. The zero-order valence-electron chi connectivity index (χ0n) is 17.8. The number of Topliss-reactive ketones (excluding diaryl/α,β-unsaturated/α-hetero) is 1. The third-order valence-corrected chi connectivity index (χ3v) is 5.07. The Bertz CT molecular complexity index is 1010. The van der Waals surface area contributed by atoms with Crippen LogP contribution in [-0.2, 0) is 19.1 Å². The van der Waals surface area contributed by atoms with Crippen LogP contribution in [0.15, 0.2) is 54.1 Å². The van der Waals surface area contributed by atoms with Crippen LogP contribution in [0.3, 0.4) is 0 Å². The minimum atomic E-state index is -0.760. The van der Waals surface area contributed by atoms with Crippen LogP contribution in [-0.4, -0.2) is 47.9 Å². The largest absolute Gasteiger partial charge is 0.507 e. The maximum atomic E-state index is 12.9. The predicted octanol–water partition coefficient (Wildman–Crippen LogP) is 3.38. The molecule has 2 aromatic carbocycles. The predicted molar refractivity (Wildman–Crippen MR) is 114 cm³/mol. The molecule has 1 saturated heterocycles. The van der Waals surface area contributed by atoms with Gasteiger partial charge in [-0.1, -0.05) is 42.0 Å². The number of carbonyl (C=O) groups is 3. The minimum absolute atomic E-state index is 0.0338. The topological polar surface area (TPSA) is 93.1 Å². The normalized spacial score (nSPS) is 17.8. The second-order valence-corrected chi connectivity index (χ2v) is 7.37. The van der Waals surface area contributed by atoms with Gasteiger partial charge in [0.05, 0.1) is 11.6 Å². The molecule has 0 spiro atoms. The first kappa shape index (κ1) is 22.2. The van der Waals surface area contributed by atoms with Crippen LogP contribution in [0.25, 0.3) is 5.76 Å². The highest BCUT2D eigenvalue weighted by molar-refractivity contribution is 6.46. The van der Waals surface area contributed by atoms with Gasteiger partial charge in [0.15, 0.2) is 0 Å². The van der Waals surface area contributed by atoms with Crippen molar-refractivity contribution in [3.05, 3.63) is 70.8 Å². The first-order valence-corrected chi connectivity index (χ1v) is 9.96. The van der Waals surface area contributed by atoms with E-state index in [4.69, 9.17) is 9.47 Å². The lowest BCUT2D eigenvalue weighted by atomic mass is 9.95. The summed E-state index contributed by atoms with van der Waals surface area (Å²) in [5, 5.41) is 11.0. The van der Waals surface area contributed by atoms with E-state index in [1.165, 1.54) is 11.8 Å². The van der Waals surface area contributed by atoms with Crippen LogP contribution in [0.5, 0.6) is 5.75 Å². The molecule has 1 atom stereocenters. The lowest BCUT2D eigenvalue weighted by Crippen LogP contribution is -2.31. The molecule has 162 valence electrons. The number of amides is 1. The van der Waals surface area contributed by atoms with Gasteiger partial charge in [0, 0.05) is 32.7 Å². The van der Waals surface area contributed by atoms with Crippen molar-refractivity contribution in [2.75, 3.05) is 20.3 Å². The second-order valence-electron chi connectivity index (χ2n) is 7.37. The number of methoxy groups -OCH3 is 1. The number of rotatable bonds is 7. The number of aryl methyl sites for hydroxylation is 1. The molecule has 31 heavy (non-hydrogen) atoms. The van der Waals surface area contributed by atoms with Gasteiger partial charge >= 0.3 is 5.97 Å². The Kier molecular flexibility index (Phi) is 6.87. The molecule has 1 unspecified atom stereocenters. The third-order valence-electron chi connectivity index (χ3n) is 5.07. The number of aliphatic hydroxyl groups excluding tert-OH is 1. The van der Waals surface area contributed by atoms with Gasteiger partial charge in [-0.2, -0.15) is 0 Å². The Labute approximate surface area is 180 Å². The molecule has 7 nitrogen and oxygen atoms in total. The molecular formula is C24H25NO6. The van der Waals surface area contributed by atoms with E-state index < -0.39 is 23.7 Å². The molecule has 1 N–H and O–H groups in total. The van der Waals surface area contributed by atoms with Crippen molar-refractivity contribution in [1.82, 2.24) is 4.90 Å². The monoisotopic (exact) mass is 423 g/mol. The van der Waals surface area contributed by atoms with Crippen LogP contribution < -0.4 is 4.74 Å². The third kappa shape index (κ3) is 4.83. The molecular weight excluding hydrogens is 398 g/mol. The van der Waals surface area contributed by atoms with Crippen LogP contribution in [0.4, 0.5) is 0 Å². The summed E-state index contributed by atoms with van der Waals surface area (Å²) in [5.74, 6) is -1.71. The molecule has 1 amide bonds. The van der Waals surface area contributed by atoms with E-state index in [1.54, 1.807) is 43.5 Å². The highest BCUT2D eigenvalue weighted by atomic mass is 16.5. The number of aliphatic hydroxyl groups is 1. The number of likely N-dealkylation sites (tertiary alicyclic amines) is 1. The maximum absolute atomic E-state index is 12.9. The maximum Gasteiger partial charge on any atom is 0.308 e. The Balaban J connectivity index is 2.07. The second kappa shape index (κ2) is 9.57. The highest BCUT2D eigenvalue weighted by Crippen LogP contribution is 2.39. The van der Waals surface area contributed by atoms with Crippen molar-refractivity contribution in [3.8, 4) is 5.75 Å². The van der Waals surface area contributed by atoms with E-state index in [2.05, 4.69) is 0 Å². The molecule has 0 aromatic heterocycles. The van der Waals surface area contributed by atoms with Gasteiger partial charge in [0.1, 0.15) is 11.5 Å². The van der Waals surface area contributed by atoms with Crippen molar-refractivity contribution < 1.29 is 29.0 Å². The smallest absolute Gasteiger partial charge is 0.308 e. The van der Waals surface area contributed by atoms with Gasteiger partial charge in [-0.05, 0) is 31.0 Å². The van der Waals surface area contributed by atoms with Gasteiger partial charge in [-0.3, -0.25) is 14.4 Å². The van der Waals surface area contributed by atoms with Crippen molar-refractivity contribution >= 4 is 23.4 Å². The minimum Gasteiger partial charge on any atom is -0.507 e. The summed E-state index contributed by atoms with van der Waals surface area (Å²) < 4.78 is 10.2. The summed E-state index contributed by atoms with van der Waals surface area (Å²) in [7, 11) is 1.57. The summed E-state index contributed by atoms with van der Waals surface area (Å²) >= 11 is 0. The van der Waals surface area contributed by atoms with E-state index in [0.29, 0.717) is 36.4 Å². The van der Waals surface area contributed by atoms with E-state index >= 15 is 0 Å². The fourth-order valence-electron chi connectivity index (χ4n) is 3.59. The van der Waals surface area contributed by atoms with Gasteiger partial charge in [-0.25, -0.2) is 0 Å². The number of ketones is 1. The van der Waals surface area contributed by atoms with Crippen molar-refractivity contribution in [3.63, 3.8) is 0 Å². The zero-order valence-corrected chi connectivity index (χ0v) is 17.8. The SMILES string of the molecule is COCCCN1C(=O)C(=O)/C(=C(\O)c2ccc(C)cc2)C1c1ccc(OC(C)=O)cc1. The van der Waals surface area contributed by atoms with Crippen molar-refractivity contribution in [2.45, 2.75) is 26.3 Å². The number of hydrogen-bond acceptors (Lipinski definition) is 6. The zero-order chi connectivity index (χ0) is 22.5. The van der Waals surface area contributed by atoms with Crippen molar-refractivity contribution in [2.24, 2.45) is 0 Å². The van der Waals surface area contributed by atoms with Gasteiger partial charge in [0.25, 0.3) is 11.7 Å². The average molecular weight is 423 g/mol. The molecule has 3 rings (SSSR count). The number of hydrogen-bond donors (Lipinski definition) is 1. The Morgan fingerprint density at radius 3 is 2.29 bits per heavy atom. The Morgan fingerprint density at radius 1 is 1.06 bits per heavy atom. The summed E-state index contributed by atoms with van der Waals surface area (Å²) in [6.45, 7) is 3.95. The van der Waals surface area contributed by atoms with Crippen LogP contribution in [0.2, 0.25) is 0 Å². The molecule has 1 heterocycles. The average Bonchev–Trinajstić information content (AvgIpc) is 2.99. The molecule has 0 aliphatic carbocycles. The number of nitrogens with zero attached hydrogens (tertiary/aromatic N) is 1. The summed E-state index contributed by atoms with van der Waals surface area (Å²) in [4.78, 5) is 38.4. The summed E-state index contributed by atoms with van der Waals surface area (Å²) in [5.41, 5.74) is 2.13. The van der Waals surface area contributed by atoms with E-state index in [-0.39, 0.29) is 11.3 Å². The fourth-order valence-corrected chi connectivity index (χ4v) is 3.59. The molecule has 0 radical (unpaired) electrons. The Hall–Kier alpha value is -3.45. The number of benzene rings is 2. The van der Waals surface area contributed by atoms with Crippen molar-refractivity contribution in [1.29, 1.82) is 0 Å². The van der Waals surface area contributed by atoms with Crippen LogP contribution >= 0.6 is 0 Å². The molecule has 0 bridgehead atoms. The summed E-state index contributed by atoms with van der Waals surface area (Å²) in [6.07, 6.45) is 0.538. The lowest BCUT2D eigenvalue weighted by Gasteiger charge is -2.25. The molecule has 2 aromatic rings. The first-order valence-electron chi connectivity index (χ1n) is 9.96. The summed E-state index contributed by atoms with van der Waals surface area (Å²) in [6, 6.07) is 12.9. The van der Waals surface area contributed by atoms with E-state index in [1.807, 2.05) is 19.1 Å². The highest BCUT2D eigenvalue weighted by Gasteiger charge is 2.45. The fraction of sp³-hybridized carbons (Fsp3) is 0.292. The van der Waals surface area contributed by atoms with Crippen LogP contribution in [0, 0.1) is 6.92 Å². The number of carbonyl (C=O) groups excluding carboxylic acids is 3. The number of esters is 1. The first-order chi connectivity index (χ1) is 14.8. The Morgan fingerprint density at radius 2 is 1.71 bits per heavy atom. The molecule has 7 heteroatoms. The van der Waals surface area contributed by atoms with E-state index in [9.17, 15) is 19.5 Å². The van der Waals surface area contributed by atoms with Crippen LogP contribution in [0.1, 0.15) is 36.1 Å². The van der Waals surface area contributed by atoms with E-state index in [0.717, 1.165) is 5.56 Å². The van der Waals surface area contributed by atoms with Gasteiger partial charge in [-0.15, -0.1) is 0 Å². The molecule has 0 saturated carbocycles. The molecule has 1 aliphatic rings. The lowest BCUT2D eigenvalue weighted by molar-refractivity contribution is -0.140.